The highest BCUT2D eigenvalue weighted by molar-refractivity contribution is 6.08. The van der Waals surface area contributed by atoms with Gasteiger partial charge in [0, 0.05) is 51.9 Å². The Bertz CT molecular complexity index is 2680. The molecule has 4 fully saturated rings. The van der Waals surface area contributed by atoms with Gasteiger partial charge in [-0.1, -0.05) is 24.8 Å². The number of ether oxygens (including phenoxy) is 1. The number of anilines is 2. The SMILES string of the molecule is CC[C@@H]1CN(c2ccn3ncc(C(=O)Nc4cn([C@H]5CC[C@H](CN6CCC(CC#Cc7cccc8c7n(C)c(=O)n8C7CCC(=O)NC7=O)CC6)CC5)nc4C(F)F)c3n2)C[C@@H](C)O1. The number of morpholine rings is 1. The van der Waals surface area contributed by atoms with Crippen molar-refractivity contribution in [3.63, 3.8) is 0 Å². The number of nitrogens with zero attached hydrogens (tertiary/aromatic N) is 9. The number of imidazole rings is 1. The van der Waals surface area contributed by atoms with Gasteiger partial charge in [0.05, 0.1) is 46.7 Å². The van der Waals surface area contributed by atoms with Crippen LogP contribution in [0.25, 0.3) is 16.7 Å². The Hall–Kier alpha value is -5.93. The third-order valence-corrected chi connectivity index (χ3v) is 13.6. The van der Waals surface area contributed by atoms with E-state index >= 15 is 0 Å². The highest BCUT2D eigenvalue weighted by Crippen LogP contribution is 2.36. The summed E-state index contributed by atoms with van der Waals surface area (Å²) in [7, 11) is 1.69. The van der Waals surface area contributed by atoms with Crippen LogP contribution in [-0.2, 0) is 21.4 Å². The molecule has 0 radical (unpaired) electrons. The molecular formula is C46H55F2N11O5. The predicted octanol–water partition coefficient (Wildman–Crippen LogP) is 5.64. The normalized spacial score (nSPS) is 23.7. The molecule has 18 heteroatoms. The Labute approximate surface area is 369 Å². The van der Waals surface area contributed by atoms with Gasteiger partial charge in [-0.3, -0.25) is 33.5 Å². The summed E-state index contributed by atoms with van der Waals surface area (Å²) in [5.41, 5.74) is 1.79. The van der Waals surface area contributed by atoms with Crippen molar-refractivity contribution < 1.29 is 27.9 Å². The molecule has 9 rings (SSSR count). The van der Waals surface area contributed by atoms with Crippen LogP contribution in [-0.4, -0.2) is 101 Å². The fraction of sp³-hybridized carbons (Fsp3) is 0.543. The molecule has 4 aromatic heterocycles. The van der Waals surface area contributed by atoms with Crippen LogP contribution < -0.4 is 21.2 Å². The van der Waals surface area contributed by atoms with Gasteiger partial charge in [-0.2, -0.15) is 10.2 Å². The number of likely N-dealkylation sites (tertiary alicyclic amines) is 1. The molecule has 5 aromatic rings. The molecule has 1 unspecified atom stereocenters. The molecule has 2 N–H and O–H groups in total. The van der Waals surface area contributed by atoms with E-state index in [1.54, 1.807) is 24.1 Å². The first-order chi connectivity index (χ1) is 30.9. The zero-order valence-corrected chi connectivity index (χ0v) is 36.5. The van der Waals surface area contributed by atoms with E-state index in [1.807, 2.05) is 31.2 Å². The van der Waals surface area contributed by atoms with Crippen molar-refractivity contribution in [1.82, 2.24) is 43.7 Å². The van der Waals surface area contributed by atoms with Gasteiger partial charge in [0.2, 0.25) is 11.8 Å². The standard InChI is InChI=1S/C46H55F2N11O5/c1-4-33-26-56(24-28(2)64-33)38-19-22-57-43(51-38)34(23-49-57)44(61)50-35-27-58(53-40(35)42(47)48)32-13-11-30(12-14-32)25-55-20-17-29(18-21-55)7-5-8-31-9-6-10-36-41(31)54(3)46(63)59(36)37-15-16-39(60)52-45(37)62/h6,9-10,19,22-23,27-30,32-33,37,42H,4,7,11-18,20-21,24-26H2,1-3H3,(H,50,61)(H,52,60,62)/t28-,30-,32-,33-,37?/m1/s1. The first kappa shape index (κ1) is 43.3. The minimum Gasteiger partial charge on any atom is -0.372 e. The zero-order chi connectivity index (χ0) is 44.6. The number of rotatable bonds is 10. The van der Waals surface area contributed by atoms with Crippen molar-refractivity contribution in [2.45, 2.75) is 109 Å². The van der Waals surface area contributed by atoms with E-state index in [0.29, 0.717) is 47.4 Å². The van der Waals surface area contributed by atoms with Crippen molar-refractivity contribution in [1.29, 1.82) is 0 Å². The summed E-state index contributed by atoms with van der Waals surface area (Å²) in [5.74, 6) is 6.98. The van der Waals surface area contributed by atoms with Crippen LogP contribution in [0.5, 0.6) is 0 Å². The smallest absolute Gasteiger partial charge is 0.329 e. The summed E-state index contributed by atoms with van der Waals surface area (Å²) >= 11 is 0. The van der Waals surface area contributed by atoms with Crippen molar-refractivity contribution in [3.05, 3.63) is 70.2 Å². The Balaban J connectivity index is 0.771. The molecule has 1 aliphatic carbocycles. The Morgan fingerprint density at radius 2 is 1.83 bits per heavy atom. The maximum atomic E-state index is 14.3. The third kappa shape index (κ3) is 8.79. The second-order valence-electron chi connectivity index (χ2n) is 17.9. The quantitative estimate of drug-likeness (QED) is 0.133. The van der Waals surface area contributed by atoms with Crippen LogP contribution in [0.15, 0.2) is 47.7 Å². The molecule has 3 atom stereocenters. The lowest BCUT2D eigenvalue weighted by atomic mass is 9.85. The monoisotopic (exact) mass is 879 g/mol. The molecule has 64 heavy (non-hydrogen) atoms. The highest BCUT2D eigenvalue weighted by atomic mass is 19.3. The van der Waals surface area contributed by atoms with Gasteiger partial charge in [-0.05, 0) is 101 Å². The fourth-order valence-electron chi connectivity index (χ4n) is 10.1. The van der Waals surface area contributed by atoms with Crippen LogP contribution in [0.2, 0.25) is 0 Å². The number of para-hydroxylation sites is 1. The second-order valence-corrected chi connectivity index (χ2v) is 17.9. The number of imide groups is 1. The number of carbonyl (C=O) groups is 3. The molecule has 3 amide bonds. The fourth-order valence-corrected chi connectivity index (χ4v) is 10.1. The number of hydrogen-bond acceptors (Lipinski definition) is 10. The number of fused-ring (bicyclic) bond motifs is 2. The van der Waals surface area contributed by atoms with Gasteiger partial charge in [0.15, 0.2) is 11.3 Å². The largest absolute Gasteiger partial charge is 0.372 e. The minimum absolute atomic E-state index is 0.00970. The van der Waals surface area contributed by atoms with Gasteiger partial charge in [0.1, 0.15) is 17.4 Å². The number of halogens is 2. The van der Waals surface area contributed by atoms with E-state index in [2.05, 4.69) is 49.4 Å². The van der Waals surface area contributed by atoms with Crippen molar-refractivity contribution in [2.24, 2.45) is 18.9 Å². The number of aryl methyl sites for hydroxylation is 1. The van der Waals surface area contributed by atoms with E-state index in [0.717, 1.165) is 76.6 Å². The van der Waals surface area contributed by atoms with Crippen LogP contribution in [0.4, 0.5) is 20.3 Å². The van der Waals surface area contributed by atoms with Gasteiger partial charge in [-0.25, -0.2) is 23.1 Å². The lowest BCUT2D eigenvalue weighted by Gasteiger charge is -2.37. The molecule has 0 bridgehead atoms. The molecule has 3 aliphatic heterocycles. The van der Waals surface area contributed by atoms with Gasteiger partial charge in [0.25, 0.3) is 12.3 Å². The number of nitrogens with one attached hydrogen (secondary N) is 2. The summed E-state index contributed by atoms with van der Waals surface area (Å²) in [5, 5.41) is 13.7. The molecule has 3 saturated heterocycles. The van der Waals surface area contributed by atoms with Crippen molar-refractivity contribution >= 4 is 45.9 Å². The number of benzene rings is 1. The first-order valence-corrected chi connectivity index (χ1v) is 22.6. The third-order valence-electron chi connectivity index (χ3n) is 13.6. The molecule has 16 nitrogen and oxygen atoms in total. The second kappa shape index (κ2) is 18.3. The van der Waals surface area contributed by atoms with Gasteiger partial charge in [-0.15, -0.1) is 0 Å². The van der Waals surface area contributed by atoms with E-state index < -0.39 is 30.0 Å². The van der Waals surface area contributed by atoms with Crippen LogP contribution >= 0.6 is 0 Å². The molecule has 0 spiro atoms. The molecule has 1 saturated carbocycles. The maximum absolute atomic E-state index is 14.3. The van der Waals surface area contributed by atoms with Gasteiger partial charge >= 0.3 is 5.69 Å². The molecular weight excluding hydrogens is 825 g/mol. The topological polar surface area (TPSA) is 166 Å². The summed E-state index contributed by atoms with van der Waals surface area (Å²) in [4.78, 5) is 60.7. The summed E-state index contributed by atoms with van der Waals surface area (Å²) < 4.78 is 40.9. The van der Waals surface area contributed by atoms with E-state index in [4.69, 9.17) is 9.72 Å². The van der Waals surface area contributed by atoms with Crippen molar-refractivity contribution in [3.8, 4) is 11.8 Å². The minimum atomic E-state index is -2.87. The molecule has 1 aromatic carbocycles. The average Bonchev–Trinajstić information content (AvgIpc) is 3.98. The van der Waals surface area contributed by atoms with E-state index in [9.17, 15) is 28.0 Å². The number of amides is 3. The van der Waals surface area contributed by atoms with Crippen LogP contribution in [0.1, 0.15) is 118 Å². The molecule has 338 valence electrons. The van der Waals surface area contributed by atoms with Gasteiger partial charge < -0.3 is 19.9 Å². The maximum Gasteiger partial charge on any atom is 0.329 e. The van der Waals surface area contributed by atoms with E-state index in [1.165, 1.54) is 19.8 Å². The van der Waals surface area contributed by atoms with Crippen molar-refractivity contribution in [2.75, 3.05) is 42.9 Å². The number of piperidine rings is 2. The van der Waals surface area contributed by atoms with Crippen LogP contribution in [0.3, 0.4) is 0 Å². The summed E-state index contributed by atoms with van der Waals surface area (Å²) in [6.45, 7) is 8.41. The number of aromatic nitrogens is 7. The number of hydrogen-bond donors (Lipinski definition) is 2. The number of carbonyl (C=O) groups excluding carboxylic acids is 3. The highest BCUT2D eigenvalue weighted by Gasteiger charge is 2.33. The predicted molar refractivity (Wildman–Crippen MR) is 235 cm³/mol. The zero-order valence-electron chi connectivity index (χ0n) is 36.5. The lowest BCUT2D eigenvalue weighted by Crippen LogP contribution is -2.46. The van der Waals surface area contributed by atoms with Crippen LogP contribution in [0, 0.1) is 23.7 Å². The Morgan fingerprint density at radius 3 is 2.58 bits per heavy atom. The molecule has 7 heterocycles. The Kier molecular flexibility index (Phi) is 12.4. The summed E-state index contributed by atoms with van der Waals surface area (Å²) in [6, 6.07) is 6.63. The molecule has 4 aliphatic rings. The summed E-state index contributed by atoms with van der Waals surface area (Å²) in [6.07, 6.45) is 9.62. The van der Waals surface area contributed by atoms with E-state index in [-0.39, 0.29) is 53.9 Å². The average molecular weight is 880 g/mol. The Morgan fingerprint density at radius 1 is 1.03 bits per heavy atom. The first-order valence-electron chi connectivity index (χ1n) is 22.6. The number of alkyl halides is 2. The lowest BCUT2D eigenvalue weighted by molar-refractivity contribution is -0.135.